The Balaban J connectivity index is 0.00000361. The molecule has 0 saturated carbocycles. The second kappa shape index (κ2) is 14.2. The normalized spacial score (nSPS) is 15.9. The Kier molecular flexibility index (Phi) is 12.9. The zero-order valence-electron chi connectivity index (χ0n) is 23.0. The summed E-state index contributed by atoms with van der Waals surface area (Å²) in [5, 5.41) is 9.57. The fourth-order valence-electron chi connectivity index (χ4n) is 4.34. The first-order valence-electron chi connectivity index (χ1n) is 12.7. The lowest BCUT2D eigenvalue weighted by atomic mass is 9.87. The summed E-state index contributed by atoms with van der Waals surface area (Å²) in [5.41, 5.74) is 1.13. The predicted octanol–water partition coefficient (Wildman–Crippen LogP) is 5.98. The molecule has 1 heterocycles. The highest BCUT2D eigenvalue weighted by Gasteiger charge is 2.28. The van der Waals surface area contributed by atoms with Crippen molar-refractivity contribution in [3.63, 3.8) is 0 Å². The van der Waals surface area contributed by atoms with Crippen molar-refractivity contribution in [2.45, 2.75) is 91.3 Å². The van der Waals surface area contributed by atoms with Crippen LogP contribution in [0.4, 0.5) is 10.2 Å². The van der Waals surface area contributed by atoms with Gasteiger partial charge in [-0.25, -0.2) is 9.37 Å². The molecule has 3 N–H and O–H groups in total. The number of benzene rings is 1. The van der Waals surface area contributed by atoms with Gasteiger partial charge in [0, 0.05) is 24.2 Å². The molecular formula is C27H41Br2ClFN5O2. The van der Waals surface area contributed by atoms with Gasteiger partial charge in [0.1, 0.15) is 5.82 Å². The van der Waals surface area contributed by atoms with Crippen LogP contribution >= 0.6 is 45.6 Å². The van der Waals surface area contributed by atoms with E-state index in [9.17, 15) is 14.0 Å². The van der Waals surface area contributed by atoms with Crippen LogP contribution in [0.1, 0.15) is 71.9 Å². The number of carbonyl (C=O) groups excluding carboxylic acids is 2. The number of amides is 2. The lowest BCUT2D eigenvalue weighted by Gasteiger charge is -2.29. The van der Waals surface area contributed by atoms with Crippen LogP contribution in [-0.2, 0) is 28.0 Å². The molecule has 2 atom stereocenters. The number of hydrogen-bond donors (Lipinski definition) is 3. The smallest absolute Gasteiger partial charge is 0.242 e. The Morgan fingerprint density at radius 1 is 1.18 bits per heavy atom. The van der Waals surface area contributed by atoms with Crippen molar-refractivity contribution in [1.82, 2.24) is 20.2 Å². The van der Waals surface area contributed by atoms with Crippen LogP contribution < -0.4 is 16.0 Å². The van der Waals surface area contributed by atoms with Gasteiger partial charge in [-0.3, -0.25) is 9.59 Å². The number of anilines is 1. The SMILES string of the molecule is Br.Br.CCCC(N[C@H]1CCc2cc(F)c(Cl)cc2C1)C(=O)Nc1cn(C(C)(C)CNC(=O)C(C)(C)C)cn1. The third kappa shape index (κ3) is 9.03. The molecule has 3 rings (SSSR count). The molecule has 1 aromatic carbocycles. The summed E-state index contributed by atoms with van der Waals surface area (Å²) in [6.07, 6.45) is 7.26. The Morgan fingerprint density at radius 2 is 1.87 bits per heavy atom. The number of imidazole rings is 1. The van der Waals surface area contributed by atoms with E-state index in [1.54, 1.807) is 18.6 Å². The third-order valence-electron chi connectivity index (χ3n) is 6.70. The molecule has 1 aromatic heterocycles. The molecule has 11 heteroatoms. The van der Waals surface area contributed by atoms with Crippen LogP contribution in [0.3, 0.4) is 0 Å². The highest BCUT2D eigenvalue weighted by molar-refractivity contribution is 8.93. The van der Waals surface area contributed by atoms with Crippen LogP contribution in [0.2, 0.25) is 5.02 Å². The third-order valence-corrected chi connectivity index (χ3v) is 6.99. The molecule has 1 unspecified atom stereocenters. The van der Waals surface area contributed by atoms with Crippen molar-refractivity contribution in [3.8, 4) is 0 Å². The molecule has 2 aromatic rings. The summed E-state index contributed by atoms with van der Waals surface area (Å²) in [4.78, 5) is 29.8. The van der Waals surface area contributed by atoms with E-state index in [1.165, 1.54) is 6.07 Å². The zero-order valence-corrected chi connectivity index (χ0v) is 27.2. The van der Waals surface area contributed by atoms with E-state index in [4.69, 9.17) is 11.6 Å². The summed E-state index contributed by atoms with van der Waals surface area (Å²) in [6, 6.07) is 2.95. The van der Waals surface area contributed by atoms with Gasteiger partial charge in [0.25, 0.3) is 0 Å². The highest BCUT2D eigenvalue weighted by atomic mass is 79.9. The molecule has 0 saturated heterocycles. The van der Waals surface area contributed by atoms with Gasteiger partial charge < -0.3 is 20.5 Å². The Labute approximate surface area is 251 Å². The molecule has 0 spiro atoms. The summed E-state index contributed by atoms with van der Waals surface area (Å²) < 4.78 is 15.7. The van der Waals surface area contributed by atoms with E-state index in [2.05, 4.69) is 20.9 Å². The number of nitrogens with zero attached hydrogens (tertiary/aromatic N) is 2. The maximum Gasteiger partial charge on any atom is 0.242 e. The first kappa shape index (κ1) is 34.5. The van der Waals surface area contributed by atoms with Gasteiger partial charge in [-0.2, -0.15) is 0 Å². The highest BCUT2D eigenvalue weighted by Crippen LogP contribution is 2.27. The van der Waals surface area contributed by atoms with Gasteiger partial charge in [0.2, 0.25) is 11.8 Å². The predicted molar refractivity (Wildman–Crippen MR) is 162 cm³/mol. The topological polar surface area (TPSA) is 88.0 Å². The van der Waals surface area contributed by atoms with Gasteiger partial charge in [-0.1, -0.05) is 45.7 Å². The summed E-state index contributed by atoms with van der Waals surface area (Å²) >= 11 is 5.99. The quantitative estimate of drug-likeness (QED) is 0.304. The van der Waals surface area contributed by atoms with E-state index in [-0.39, 0.29) is 68.7 Å². The van der Waals surface area contributed by atoms with Crippen molar-refractivity contribution in [1.29, 1.82) is 0 Å². The number of aromatic nitrogens is 2. The van der Waals surface area contributed by atoms with Crippen molar-refractivity contribution in [2.75, 3.05) is 11.9 Å². The number of aryl methyl sites for hydroxylation is 1. The minimum Gasteiger partial charge on any atom is -0.353 e. The van der Waals surface area contributed by atoms with Crippen molar-refractivity contribution < 1.29 is 14.0 Å². The average molecular weight is 682 g/mol. The van der Waals surface area contributed by atoms with E-state index in [0.717, 1.165) is 30.4 Å². The van der Waals surface area contributed by atoms with Gasteiger partial charge in [-0.05, 0) is 62.8 Å². The van der Waals surface area contributed by atoms with E-state index < -0.39 is 11.0 Å². The summed E-state index contributed by atoms with van der Waals surface area (Å²) in [5.74, 6) is -0.0713. The molecule has 38 heavy (non-hydrogen) atoms. The molecule has 1 aliphatic carbocycles. The maximum atomic E-state index is 13.8. The molecule has 1 aliphatic rings. The number of rotatable bonds is 9. The first-order valence-corrected chi connectivity index (χ1v) is 13.0. The minimum absolute atomic E-state index is 0. The Bertz CT molecular complexity index is 1100. The van der Waals surface area contributed by atoms with Crippen LogP contribution in [0, 0.1) is 11.2 Å². The number of hydrogen-bond acceptors (Lipinski definition) is 4. The summed E-state index contributed by atoms with van der Waals surface area (Å²) in [6.45, 7) is 12.1. The maximum absolute atomic E-state index is 13.8. The first-order chi connectivity index (χ1) is 16.8. The van der Waals surface area contributed by atoms with Crippen LogP contribution in [-0.4, -0.2) is 40.0 Å². The lowest BCUT2D eigenvalue weighted by molar-refractivity contribution is -0.128. The summed E-state index contributed by atoms with van der Waals surface area (Å²) in [7, 11) is 0. The molecule has 0 aliphatic heterocycles. The van der Waals surface area contributed by atoms with Gasteiger partial charge in [-0.15, -0.1) is 34.0 Å². The minimum atomic E-state index is -0.464. The fraction of sp³-hybridized carbons (Fsp3) is 0.593. The average Bonchev–Trinajstić information content (AvgIpc) is 3.27. The van der Waals surface area contributed by atoms with Gasteiger partial charge in [0.05, 0.1) is 22.9 Å². The van der Waals surface area contributed by atoms with Gasteiger partial charge >= 0.3 is 0 Å². The fourth-order valence-corrected chi connectivity index (χ4v) is 4.53. The Morgan fingerprint density at radius 3 is 2.50 bits per heavy atom. The molecule has 0 bridgehead atoms. The van der Waals surface area contributed by atoms with E-state index in [0.29, 0.717) is 25.2 Å². The van der Waals surface area contributed by atoms with E-state index in [1.807, 2.05) is 46.1 Å². The zero-order chi connectivity index (χ0) is 26.7. The standard InChI is InChI=1S/C27H39ClFN5O2.2BrH/c1-7-8-22(32-19-10-9-17-13-21(29)20(28)12-18(17)11-19)24(35)33-23-14-34(16-31-23)27(5,6)15-30-25(36)26(2,3)4;;/h12-14,16,19,22,32H,7-11,15H2,1-6H3,(H,30,36)(H,33,35);2*1H/t19-,22?;;/m0../s1. The lowest BCUT2D eigenvalue weighted by Crippen LogP contribution is -2.47. The number of nitrogens with one attached hydrogen (secondary N) is 3. The van der Waals surface area contributed by atoms with E-state index >= 15 is 0 Å². The van der Waals surface area contributed by atoms with Crippen LogP contribution in [0.5, 0.6) is 0 Å². The number of carbonyl (C=O) groups is 2. The van der Waals surface area contributed by atoms with Crippen molar-refractivity contribution in [2.24, 2.45) is 5.41 Å². The second-order valence-electron chi connectivity index (χ2n) is 11.4. The van der Waals surface area contributed by atoms with Gasteiger partial charge in [0.15, 0.2) is 5.82 Å². The van der Waals surface area contributed by atoms with Crippen molar-refractivity contribution >= 4 is 63.2 Å². The molecule has 7 nitrogen and oxygen atoms in total. The monoisotopic (exact) mass is 679 g/mol. The second-order valence-corrected chi connectivity index (χ2v) is 11.8. The molecule has 214 valence electrons. The molecule has 2 amide bonds. The molecule has 0 fully saturated rings. The molecular weight excluding hydrogens is 641 g/mol. The molecule has 0 radical (unpaired) electrons. The Hall–Kier alpha value is -1.49. The number of fused-ring (bicyclic) bond motifs is 1. The number of halogens is 4. The van der Waals surface area contributed by atoms with Crippen LogP contribution in [0.15, 0.2) is 24.7 Å². The van der Waals surface area contributed by atoms with Crippen molar-refractivity contribution in [3.05, 3.63) is 46.6 Å². The van der Waals surface area contributed by atoms with Crippen LogP contribution in [0.25, 0.3) is 0 Å². The largest absolute Gasteiger partial charge is 0.353 e.